The van der Waals surface area contributed by atoms with Crippen LogP contribution in [0.15, 0.2) is 43.0 Å². The van der Waals surface area contributed by atoms with Crippen molar-refractivity contribution >= 4 is 5.91 Å². The average Bonchev–Trinajstić information content (AvgIpc) is 3.53. The van der Waals surface area contributed by atoms with Gasteiger partial charge < -0.3 is 14.2 Å². The lowest BCUT2D eigenvalue weighted by Crippen LogP contribution is -2.42. The number of imidazole rings is 1. The number of ether oxygens (including phenoxy) is 1. The number of halogens is 3. The first-order valence-corrected chi connectivity index (χ1v) is 13.2. The van der Waals surface area contributed by atoms with Crippen molar-refractivity contribution < 1.29 is 22.7 Å². The predicted octanol–water partition coefficient (Wildman–Crippen LogP) is 5.14. The van der Waals surface area contributed by atoms with Crippen LogP contribution >= 0.6 is 0 Å². The number of aromatic nitrogens is 5. The van der Waals surface area contributed by atoms with Crippen LogP contribution in [-0.4, -0.2) is 48.8 Å². The number of aryl methyl sites for hydroxylation is 3. The van der Waals surface area contributed by atoms with Gasteiger partial charge in [0.1, 0.15) is 11.6 Å². The van der Waals surface area contributed by atoms with Crippen molar-refractivity contribution in [3.63, 3.8) is 0 Å². The van der Waals surface area contributed by atoms with E-state index in [4.69, 9.17) is 4.74 Å². The van der Waals surface area contributed by atoms with Crippen molar-refractivity contribution in [2.45, 2.75) is 51.4 Å². The number of rotatable bonds is 5. The summed E-state index contributed by atoms with van der Waals surface area (Å²) in [7, 11) is 3.06. The van der Waals surface area contributed by atoms with Gasteiger partial charge in [0, 0.05) is 55.5 Å². The van der Waals surface area contributed by atoms with Gasteiger partial charge in [0.15, 0.2) is 5.69 Å². The lowest BCUT2D eigenvalue weighted by Gasteiger charge is -2.39. The van der Waals surface area contributed by atoms with Gasteiger partial charge in [-0.25, -0.2) is 4.98 Å². The minimum Gasteiger partial charge on any atom is -0.495 e. The molecule has 1 aliphatic heterocycles. The zero-order chi connectivity index (χ0) is 28.2. The summed E-state index contributed by atoms with van der Waals surface area (Å²) >= 11 is 0. The predicted molar refractivity (Wildman–Crippen MR) is 141 cm³/mol. The minimum atomic E-state index is -4.64. The van der Waals surface area contributed by atoms with Crippen LogP contribution in [0.3, 0.4) is 0 Å². The van der Waals surface area contributed by atoms with Crippen LogP contribution in [0.1, 0.15) is 63.1 Å². The zero-order valence-electron chi connectivity index (χ0n) is 22.5. The fraction of sp³-hybridized carbons (Fsp3) is 0.379. The number of fused-ring (bicyclic) bond motifs is 2. The van der Waals surface area contributed by atoms with Crippen LogP contribution in [0.25, 0.3) is 11.1 Å². The number of benzene rings is 1. The lowest BCUT2D eigenvalue weighted by molar-refractivity contribution is -0.140. The Morgan fingerprint density at radius 3 is 2.62 bits per heavy atom. The van der Waals surface area contributed by atoms with E-state index in [1.807, 2.05) is 34.7 Å². The second-order valence-electron chi connectivity index (χ2n) is 10.4. The molecule has 8 nitrogen and oxygen atoms in total. The Kier molecular flexibility index (Phi) is 6.39. The van der Waals surface area contributed by atoms with Crippen molar-refractivity contribution in [1.29, 1.82) is 0 Å². The van der Waals surface area contributed by atoms with E-state index >= 15 is 0 Å². The summed E-state index contributed by atoms with van der Waals surface area (Å²) in [6.45, 7) is 2.62. The summed E-state index contributed by atoms with van der Waals surface area (Å²) in [4.78, 5) is 24.9. The van der Waals surface area contributed by atoms with Crippen LogP contribution in [0.4, 0.5) is 13.2 Å². The summed E-state index contributed by atoms with van der Waals surface area (Å²) in [5.74, 6) is 1.21. The van der Waals surface area contributed by atoms with Gasteiger partial charge in [0.25, 0.3) is 5.91 Å². The molecule has 40 heavy (non-hydrogen) atoms. The van der Waals surface area contributed by atoms with Crippen molar-refractivity contribution in [3.8, 4) is 16.9 Å². The van der Waals surface area contributed by atoms with E-state index in [0.717, 1.165) is 41.9 Å². The molecule has 0 saturated carbocycles. The second-order valence-corrected chi connectivity index (χ2v) is 10.4. The Morgan fingerprint density at radius 1 is 1.10 bits per heavy atom. The standard InChI is InChI=1S/C29H29F3N6O2/c1-17-33-8-10-37(17)15-18-11-21(24-16-36(2)35-27(24)29(30,31)32)20-7-9-38(28(39)22(20)12-18)26-6-4-5-25-23(26)13-19(40-3)14-34-25/h8,10-14,16,26H,4-7,9,15H2,1-3H3. The number of amides is 1. The highest BCUT2D eigenvalue weighted by Gasteiger charge is 2.40. The number of hydrogen-bond donors (Lipinski definition) is 0. The average molecular weight is 551 g/mol. The number of carbonyl (C=O) groups is 1. The Balaban J connectivity index is 1.47. The van der Waals surface area contributed by atoms with Gasteiger partial charge >= 0.3 is 6.18 Å². The SMILES string of the molecule is COc1cnc2c(c1)C(N1CCc3c(cc(Cn4ccnc4C)cc3-c3cn(C)nc3C(F)(F)F)C1=O)CCC2. The fourth-order valence-electron chi connectivity index (χ4n) is 6.01. The van der Waals surface area contributed by atoms with Gasteiger partial charge in [-0.2, -0.15) is 18.3 Å². The first-order valence-electron chi connectivity index (χ1n) is 13.2. The fourth-order valence-corrected chi connectivity index (χ4v) is 6.01. The smallest absolute Gasteiger partial charge is 0.435 e. The van der Waals surface area contributed by atoms with Gasteiger partial charge in [-0.05, 0) is 73.1 Å². The molecular formula is C29H29F3N6O2. The van der Waals surface area contributed by atoms with Gasteiger partial charge in [-0.1, -0.05) is 0 Å². The molecule has 1 amide bonds. The van der Waals surface area contributed by atoms with E-state index in [9.17, 15) is 18.0 Å². The van der Waals surface area contributed by atoms with E-state index in [1.54, 1.807) is 25.6 Å². The zero-order valence-corrected chi connectivity index (χ0v) is 22.5. The van der Waals surface area contributed by atoms with E-state index in [2.05, 4.69) is 15.1 Å². The molecule has 11 heteroatoms. The summed E-state index contributed by atoms with van der Waals surface area (Å²) in [5, 5.41) is 3.74. The highest BCUT2D eigenvalue weighted by Crippen LogP contribution is 2.42. The molecule has 208 valence electrons. The molecule has 0 fully saturated rings. The highest BCUT2D eigenvalue weighted by molar-refractivity contribution is 5.99. The number of alkyl halides is 3. The third kappa shape index (κ3) is 4.52. The molecule has 1 atom stereocenters. The number of hydrogen-bond acceptors (Lipinski definition) is 5. The van der Waals surface area contributed by atoms with Gasteiger partial charge in [-0.3, -0.25) is 14.5 Å². The van der Waals surface area contributed by atoms with Crippen LogP contribution in [-0.2, 0) is 32.6 Å². The van der Waals surface area contributed by atoms with Gasteiger partial charge in [-0.15, -0.1) is 0 Å². The molecule has 0 bridgehead atoms. The van der Waals surface area contributed by atoms with Crippen LogP contribution in [0.5, 0.6) is 5.75 Å². The summed E-state index contributed by atoms with van der Waals surface area (Å²) in [6, 6.07) is 5.35. The molecule has 4 heterocycles. The maximum atomic E-state index is 14.2. The first-order chi connectivity index (χ1) is 19.1. The highest BCUT2D eigenvalue weighted by atomic mass is 19.4. The largest absolute Gasteiger partial charge is 0.495 e. The number of nitrogens with zero attached hydrogens (tertiary/aromatic N) is 6. The van der Waals surface area contributed by atoms with Crippen molar-refractivity contribution in [3.05, 3.63) is 82.5 Å². The maximum absolute atomic E-state index is 14.2. The second kappa shape index (κ2) is 9.79. The van der Waals surface area contributed by atoms with Crippen LogP contribution < -0.4 is 4.74 Å². The summed E-state index contributed by atoms with van der Waals surface area (Å²) < 4.78 is 50.6. The molecule has 0 N–H and O–H groups in total. The molecule has 1 aromatic carbocycles. The van der Waals surface area contributed by atoms with E-state index in [1.165, 1.54) is 17.9 Å². The summed E-state index contributed by atoms with van der Waals surface area (Å²) in [5.41, 5.74) is 3.10. The number of pyridine rings is 1. The summed E-state index contributed by atoms with van der Waals surface area (Å²) in [6.07, 6.45) is 4.86. The molecular weight excluding hydrogens is 521 g/mol. The van der Waals surface area contributed by atoms with E-state index in [-0.39, 0.29) is 17.5 Å². The van der Waals surface area contributed by atoms with Crippen LogP contribution in [0, 0.1) is 6.92 Å². The topological polar surface area (TPSA) is 78.1 Å². The Bertz CT molecular complexity index is 1610. The number of methoxy groups -OCH3 is 1. The van der Waals surface area contributed by atoms with E-state index < -0.39 is 11.9 Å². The van der Waals surface area contributed by atoms with E-state index in [0.29, 0.717) is 42.0 Å². The van der Waals surface area contributed by atoms with Crippen molar-refractivity contribution in [2.24, 2.45) is 7.05 Å². The first kappa shape index (κ1) is 26.1. The Labute approximate surface area is 229 Å². The van der Waals surface area contributed by atoms with Crippen LogP contribution in [0.2, 0.25) is 0 Å². The Hall–Kier alpha value is -4.15. The molecule has 1 aliphatic carbocycles. The minimum absolute atomic E-state index is 0.0198. The molecule has 0 radical (unpaired) electrons. The molecule has 1 unspecified atom stereocenters. The quantitative estimate of drug-likeness (QED) is 0.344. The lowest BCUT2D eigenvalue weighted by atomic mass is 9.85. The van der Waals surface area contributed by atoms with Crippen molar-refractivity contribution in [2.75, 3.05) is 13.7 Å². The molecule has 0 saturated heterocycles. The van der Waals surface area contributed by atoms with Gasteiger partial charge in [0.2, 0.25) is 0 Å². The van der Waals surface area contributed by atoms with Gasteiger partial charge in [0.05, 0.1) is 19.3 Å². The molecule has 3 aromatic heterocycles. The molecule has 0 spiro atoms. The third-order valence-electron chi connectivity index (χ3n) is 7.91. The Morgan fingerprint density at radius 2 is 1.90 bits per heavy atom. The monoisotopic (exact) mass is 550 g/mol. The molecule has 6 rings (SSSR count). The maximum Gasteiger partial charge on any atom is 0.435 e. The van der Waals surface area contributed by atoms with Crippen molar-refractivity contribution in [1.82, 2.24) is 29.2 Å². The molecule has 4 aromatic rings. The normalized spacial score (nSPS) is 17.1. The molecule has 2 aliphatic rings. The third-order valence-corrected chi connectivity index (χ3v) is 7.91. The number of carbonyl (C=O) groups excluding carboxylic acids is 1.